The van der Waals surface area contributed by atoms with E-state index in [1.807, 2.05) is 24.3 Å². The van der Waals surface area contributed by atoms with Crippen molar-refractivity contribution in [2.75, 3.05) is 29.9 Å². The number of hydrogen-bond donors (Lipinski definition) is 1. The number of thioether (sulfide) groups is 1. The van der Waals surface area contributed by atoms with Gasteiger partial charge in [-0.1, -0.05) is 41.9 Å². The summed E-state index contributed by atoms with van der Waals surface area (Å²) in [6, 6.07) is 14.3. The average molecular weight is 413 g/mol. The second-order valence-electron chi connectivity index (χ2n) is 5.65. The molecule has 0 unspecified atom stereocenters. The summed E-state index contributed by atoms with van der Waals surface area (Å²) >= 11 is 7.78. The smallest absolute Gasteiger partial charge is 0.253 e. The number of carbonyl (C=O) groups is 1. The van der Waals surface area contributed by atoms with E-state index < -0.39 is 10.0 Å². The number of halogens is 1. The van der Waals surface area contributed by atoms with Gasteiger partial charge >= 0.3 is 0 Å². The van der Waals surface area contributed by atoms with E-state index in [-0.39, 0.29) is 5.91 Å². The van der Waals surface area contributed by atoms with Gasteiger partial charge in [-0.3, -0.25) is 9.10 Å². The van der Waals surface area contributed by atoms with Crippen LogP contribution in [0.25, 0.3) is 0 Å². The van der Waals surface area contributed by atoms with Gasteiger partial charge in [0.1, 0.15) is 0 Å². The normalized spacial score (nSPS) is 11.2. The Morgan fingerprint density at radius 2 is 1.81 bits per heavy atom. The summed E-state index contributed by atoms with van der Waals surface area (Å²) in [5.74, 6) is 1.19. The minimum Gasteiger partial charge on any atom is -0.351 e. The zero-order chi connectivity index (χ0) is 19.2. The molecule has 1 N–H and O–H groups in total. The number of nitrogens with zero attached hydrogens (tertiary/aromatic N) is 1. The summed E-state index contributed by atoms with van der Waals surface area (Å²) in [6.07, 6.45) is 1.10. The monoisotopic (exact) mass is 412 g/mol. The van der Waals surface area contributed by atoms with Gasteiger partial charge in [-0.25, -0.2) is 8.42 Å². The number of nitrogens with one attached hydrogen (secondary N) is 1. The lowest BCUT2D eigenvalue weighted by Gasteiger charge is -2.19. The summed E-state index contributed by atoms with van der Waals surface area (Å²) in [4.78, 5) is 12.4. The number of amides is 1. The Kier molecular flexibility index (Phi) is 7.37. The Balaban J connectivity index is 1.90. The molecule has 2 rings (SSSR count). The molecule has 0 radical (unpaired) electrons. The van der Waals surface area contributed by atoms with Gasteiger partial charge < -0.3 is 5.32 Å². The van der Waals surface area contributed by atoms with E-state index in [2.05, 4.69) is 5.32 Å². The molecule has 0 saturated carbocycles. The van der Waals surface area contributed by atoms with Crippen molar-refractivity contribution < 1.29 is 13.2 Å². The first-order valence-corrected chi connectivity index (χ1v) is 11.3. The lowest BCUT2D eigenvalue weighted by molar-refractivity contribution is 0.0957. The highest BCUT2D eigenvalue weighted by Gasteiger charge is 2.19. The van der Waals surface area contributed by atoms with E-state index in [0.29, 0.717) is 17.8 Å². The largest absolute Gasteiger partial charge is 0.351 e. The fraction of sp³-hybridized carbons (Fsp3) is 0.278. The van der Waals surface area contributed by atoms with Crippen LogP contribution in [0, 0.1) is 0 Å². The molecule has 0 aliphatic heterocycles. The topological polar surface area (TPSA) is 66.5 Å². The Bertz CT molecular complexity index is 872. The minimum atomic E-state index is -3.44. The van der Waals surface area contributed by atoms with Crippen LogP contribution in [0.2, 0.25) is 5.02 Å². The molecule has 0 aliphatic rings. The third-order valence-corrected chi connectivity index (χ3v) is 6.30. The van der Waals surface area contributed by atoms with E-state index >= 15 is 0 Å². The quantitative estimate of drug-likeness (QED) is 0.675. The van der Waals surface area contributed by atoms with E-state index in [9.17, 15) is 13.2 Å². The van der Waals surface area contributed by atoms with Crippen molar-refractivity contribution in [1.29, 1.82) is 0 Å². The van der Waals surface area contributed by atoms with Gasteiger partial charge in [-0.15, -0.1) is 0 Å². The third kappa shape index (κ3) is 5.65. The Morgan fingerprint density at radius 3 is 2.50 bits per heavy atom. The predicted molar refractivity (Wildman–Crippen MR) is 110 cm³/mol. The molecular weight excluding hydrogens is 392 g/mol. The van der Waals surface area contributed by atoms with Gasteiger partial charge in [0.05, 0.1) is 17.5 Å². The van der Waals surface area contributed by atoms with Crippen LogP contribution in [-0.4, -0.2) is 39.9 Å². The number of sulfonamides is 1. The fourth-order valence-corrected chi connectivity index (χ4v) is 3.91. The number of para-hydroxylation sites is 1. The van der Waals surface area contributed by atoms with Gasteiger partial charge in [-0.05, 0) is 23.8 Å². The summed E-state index contributed by atoms with van der Waals surface area (Å²) in [6.45, 7) is 0.477. The van der Waals surface area contributed by atoms with Gasteiger partial charge in [0.15, 0.2) is 0 Å². The number of rotatable bonds is 8. The first kappa shape index (κ1) is 20.6. The summed E-state index contributed by atoms with van der Waals surface area (Å²) in [7, 11) is -2.01. The van der Waals surface area contributed by atoms with Crippen molar-refractivity contribution in [3.8, 4) is 0 Å². The molecule has 0 heterocycles. The van der Waals surface area contributed by atoms with E-state index in [4.69, 9.17) is 11.6 Å². The lowest BCUT2D eigenvalue weighted by atomic mass is 10.1. The maximum absolute atomic E-state index is 12.4. The zero-order valence-electron chi connectivity index (χ0n) is 14.6. The van der Waals surface area contributed by atoms with Crippen molar-refractivity contribution in [2.45, 2.75) is 5.75 Å². The number of anilines is 1. The molecule has 8 heteroatoms. The Labute approximate surface area is 163 Å². The molecule has 0 atom stereocenters. The predicted octanol–water partition coefficient (Wildman–Crippen LogP) is 3.40. The van der Waals surface area contributed by atoms with Crippen LogP contribution in [0.4, 0.5) is 5.69 Å². The Hall–Kier alpha value is -1.70. The lowest BCUT2D eigenvalue weighted by Crippen LogP contribution is -2.30. The average Bonchev–Trinajstić information content (AvgIpc) is 2.61. The second kappa shape index (κ2) is 9.30. The molecular formula is C18H21ClN2O3S2. The van der Waals surface area contributed by atoms with Crippen LogP contribution in [0.3, 0.4) is 0 Å². The van der Waals surface area contributed by atoms with Crippen LogP contribution in [0.1, 0.15) is 15.9 Å². The van der Waals surface area contributed by atoms with Gasteiger partial charge in [0.25, 0.3) is 5.91 Å². The highest BCUT2D eigenvalue weighted by atomic mass is 35.5. The highest BCUT2D eigenvalue weighted by Crippen LogP contribution is 2.22. The third-order valence-electron chi connectivity index (χ3n) is 3.73. The maximum atomic E-state index is 12.4. The van der Waals surface area contributed by atoms with Crippen molar-refractivity contribution in [3.63, 3.8) is 0 Å². The molecule has 1 amide bonds. The van der Waals surface area contributed by atoms with E-state index in [0.717, 1.165) is 32.7 Å². The first-order chi connectivity index (χ1) is 12.3. The van der Waals surface area contributed by atoms with Gasteiger partial charge in [0, 0.05) is 30.1 Å². The molecule has 5 nitrogen and oxygen atoms in total. The molecule has 26 heavy (non-hydrogen) atoms. The molecule has 0 spiro atoms. The maximum Gasteiger partial charge on any atom is 0.253 e. The molecule has 2 aromatic rings. The minimum absolute atomic E-state index is 0.297. The number of hydrogen-bond acceptors (Lipinski definition) is 4. The van der Waals surface area contributed by atoms with Crippen molar-refractivity contribution >= 4 is 45.0 Å². The molecule has 0 aromatic heterocycles. The first-order valence-electron chi connectivity index (χ1n) is 7.93. The van der Waals surface area contributed by atoms with Crippen molar-refractivity contribution in [1.82, 2.24) is 5.32 Å². The molecule has 2 aromatic carbocycles. The molecule has 0 saturated heterocycles. The number of benzene rings is 2. The zero-order valence-corrected chi connectivity index (χ0v) is 17.0. The van der Waals surface area contributed by atoms with Crippen molar-refractivity contribution in [3.05, 3.63) is 64.7 Å². The second-order valence-corrected chi connectivity index (χ2v) is 9.17. The molecule has 0 bridgehead atoms. The summed E-state index contributed by atoms with van der Waals surface area (Å²) in [5, 5.41) is 3.57. The molecule has 0 fully saturated rings. The van der Waals surface area contributed by atoms with Crippen molar-refractivity contribution in [2.24, 2.45) is 0 Å². The summed E-state index contributed by atoms with van der Waals surface area (Å²) in [5.41, 5.74) is 1.75. The molecule has 140 valence electrons. The summed E-state index contributed by atoms with van der Waals surface area (Å²) < 4.78 is 24.6. The van der Waals surface area contributed by atoms with E-state index in [1.54, 1.807) is 36.0 Å². The van der Waals surface area contributed by atoms with Crippen LogP contribution >= 0.6 is 23.4 Å². The van der Waals surface area contributed by atoms with Crippen LogP contribution in [-0.2, 0) is 15.8 Å². The highest BCUT2D eigenvalue weighted by molar-refractivity contribution is 7.98. The fourth-order valence-electron chi connectivity index (χ4n) is 2.25. The molecule has 0 aliphatic carbocycles. The van der Waals surface area contributed by atoms with Crippen LogP contribution in [0.15, 0.2) is 48.5 Å². The standard InChI is InChI=1S/C18H21ClN2O3S2/c1-21(26(2,23)24)17-10-6-4-8-15(17)18(22)20-11-12-25-13-14-7-3-5-9-16(14)19/h3-10H,11-13H2,1-2H3,(H,20,22). The SMILES string of the molecule is CN(c1ccccc1C(=O)NCCSCc1ccccc1Cl)S(C)(=O)=O. The van der Waals surface area contributed by atoms with Crippen LogP contribution in [0.5, 0.6) is 0 Å². The Morgan fingerprint density at radius 1 is 1.15 bits per heavy atom. The van der Waals surface area contributed by atoms with Crippen LogP contribution < -0.4 is 9.62 Å². The van der Waals surface area contributed by atoms with Gasteiger partial charge in [0.2, 0.25) is 10.0 Å². The van der Waals surface area contributed by atoms with E-state index in [1.165, 1.54) is 7.05 Å². The van der Waals surface area contributed by atoms with Gasteiger partial charge in [-0.2, -0.15) is 11.8 Å². The number of carbonyl (C=O) groups excluding carboxylic acids is 1.